The number of nitrogens with one attached hydrogen (secondary N) is 1. The molecular formula is C13H7F6N3O2. The van der Waals surface area contributed by atoms with Crippen LogP contribution in [0.4, 0.5) is 37.8 Å². The molecule has 1 heterocycles. The van der Waals surface area contributed by atoms with Crippen LogP contribution in [0.1, 0.15) is 21.9 Å². The van der Waals surface area contributed by atoms with Gasteiger partial charge in [0.15, 0.2) is 5.69 Å². The van der Waals surface area contributed by atoms with Crippen LogP contribution in [0.15, 0.2) is 30.3 Å². The number of anilines is 2. The number of carbonyl (C=O) groups is 1. The van der Waals surface area contributed by atoms with Crippen LogP contribution in [0.2, 0.25) is 0 Å². The lowest BCUT2D eigenvalue weighted by Crippen LogP contribution is -2.16. The molecule has 0 fully saturated rings. The number of nitrogens with zero attached hydrogens (tertiary/aromatic N) is 2. The van der Waals surface area contributed by atoms with Gasteiger partial charge in [-0.1, -0.05) is 6.07 Å². The minimum absolute atomic E-state index is 0.215. The molecule has 0 radical (unpaired) electrons. The van der Waals surface area contributed by atoms with Crippen LogP contribution in [0.5, 0.6) is 0 Å². The molecule has 2 N–H and O–H groups in total. The molecule has 0 aliphatic heterocycles. The first kappa shape index (κ1) is 17.5. The Hall–Kier alpha value is -2.85. The van der Waals surface area contributed by atoms with E-state index in [1.54, 1.807) is 0 Å². The predicted molar refractivity (Wildman–Crippen MR) is 68.7 cm³/mol. The normalized spacial score (nSPS) is 12.1. The maximum Gasteiger partial charge on any atom is 0.451 e. The van der Waals surface area contributed by atoms with E-state index in [9.17, 15) is 31.1 Å². The number of carboxylic acid groups (broad SMARTS) is 1. The van der Waals surface area contributed by atoms with E-state index >= 15 is 0 Å². The molecule has 1 aromatic heterocycles. The molecule has 0 saturated heterocycles. The molecule has 0 atom stereocenters. The van der Waals surface area contributed by atoms with Crippen molar-refractivity contribution in [1.82, 2.24) is 9.97 Å². The SMILES string of the molecule is O=C(O)c1cc(Nc2cccc(C(F)(F)F)c2)nc(C(F)(F)F)n1. The molecule has 0 unspecified atom stereocenters. The van der Waals surface area contributed by atoms with Gasteiger partial charge in [-0.3, -0.25) is 0 Å². The van der Waals surface area contributed by atoms with Gasteiger partial charge in [0.1, 0.15) is 5.82 Å². The van der Waals surface area contributed by atoms with Crippen molar-refractivity contribution in [3.05, 3.63) is 47.4 Å². The van der Waals surface area contributed by atoms with Crippen molar-refractivity contribution in [1.29, 1.82) is 0 Å². The van der Waals surface area contributed by atoms with Crippen LogP contribution >= 0.6 is 0 Å². The number of rotatable bonds is 3. The fourth-order valence-electron chi connectivity index (χ4n) is 1.67. The largest absolute Gasteiger partial charge is 0.477 e. The Morgan fingerprint density at radius 2 is 1.67 bits per heavy atom. The summed E-state index contributed by atoms with van der Waals surface area (Å²) in [7, 11) is 0. The van der Waals surface area contributed by atoms with Crippen LogP contribution < -0.4 is 5.32 Å². The van der Waals surface area contributed by atoms with E-state index in [1.165, 1.54) is 0 Å². The molecule has 2 aromatic rings. The van der Waals surface area contributed by atoms with Gasteiger partial charge < -0.3 is 10.4 Å². The lowest BCUT2D eigenvalue weighted by atomic mass is 10.2. The zero-order valence-electron chi connectivity index (χ0n) is 11.4. The number of alkyl halides is 6. The van der Waals surface area contributed by atoms with E-state index < -0.39 is 41.2 Å². The van der Waals surface area contributed by atoms with Crippen molar-refractivity contribution < 1.29 is 36.2 Å². The zero-order chi connectivity index (χ0) is 18.1. The smallest absolute Gasteiger partial charge is 0.451 e. The molecule has 0 aliphatic rings. The summed E-state index contributed by atoms with van der Waals surface area (Å²) in [6.45, 7) is 0. The van der Waals surface area contributed by atoms with E-state index in [4.69, 9.17) is 5.11 Å². The lowest BCUT2D eigenvalue weighted by Gasteiger charge is -2.12. The summed E-state index contributed by atoms with van der Waals surface area (Å²) in [5.74, 6) is -4.07. The molecule has 2 rings (SSSR count). The van der Waals surface area contributed by atoms with Crippen molar-refractivity contribution in [2.24, 2.45) is 0 Å². The summed E-state index contributed by atoms with van der Waals surface area (Å²) in [6.07, 6.45) is -9.66. The summed E-state index contributed by atoms with van der Waals surface area (Å²) in [4.78, 5) is 16.8. The second-order valence-corrected chi connectivity index (χ2v) is 4.47. The Kier molecular flexibility index (Phi) is 4.36. The number of aromatic carboxylic acids is 1. The number of aromatic nitrogens is 2. The van der Waals surface area contributed by atoms with Crippen molar-refractivity contribution in [3.63, 3.8) is 0 Å². The lowest BCUT2D eigenvalue weighted by molar-refractivity contribution is -0.145. The Morgan fingerprint density at radius 3 is 2.21 bits per heavy atom. The summed E-state index contributed by atoms with van der Waals surface area (Å²) < 4.78 is 75.9. The first-order valence-electron chi connectivity index (χ1n) is 6.10. The number of hydrogen-bond donors (Lipinski definition) is 2. The monoisotopic (exact) mass is 351 g/mol. The number of carboxylic acids is 1. The van der Waals surface area contributed by atoms with Gasteiger partial charge >= 0.3 is 18.3 Å². The van der Waals surface area contributed by atoms with Gasteiger partial charge in [0.25, 0.3) is 0 Å². The molecule has 0 saturated carbocycles. The van der Waals surface area contributed by atoms with Crippen molar-refractivity contribution in [2.75, 3.05) is 5.32 Å². The average Bonchev–Trinajstić information content (AvgIpc) is 2.45. The first-order valence-corrected chi connectivity index (χ1v) is 6.10. The maximum absolute atomic E-state index is 12.7. The number of hydrogen-bond acceptors (Lipinski definition) is 4. The quantitative estimate of drug-likeness (QED) is 0.819. The molecule has 0 aliphatic carbocycles. The van der Waals surface area contributed by atoms with Crippen LogP contribution in [0.25, 0.3) is 0 Å². The molecule has 11 heteroatoms. The van der Waals surface area contributed by atoms with Crippen molar-refractivity contribution >= 4 is 17.5 Å². The van der Waals surface area contributed by atoms with Crippen LogP contribution in [0, 0.1) is 0 Å². The van der Waals surface area contributed by atoms with Gasteiger partial charge in [-0.2, -0.15) is 26.3 Å². The highest BCUT2D eigenvalue weighted by molar-refractivity contribution is 5.86. The second-order valence-electron chi connectivity index (χ2n) is 4.47. The first-order chi connectivity index (χ1) is 11.0. The molecule has 1 aromatic carbocycles. The maximum atomic E-state index is 12.7. The fraction of sp³-hybridized carbons (Fsp3) is 0.154. The van der Waals surface area contributed by atoms with Crippen molar-refractivity contribution in [3.8, 4) is 0 Å². The number of benzene rings is 1. The molecule has 0 spiro atoms. The van der Waals surface area contributed by atoms with Gasteiger partial charge in [0.05, 0.1) is 5.56 Å². The Morgan fingerprint density at radius 1 is 1.00 bits per heavy atom. The third kappa shape index (κ3) is 4.12. The average molecular weight is 351 g/mol. The highest BCUT2D eigenvalue weighted by Gasteiger charge is 2.36. The molecule has 24 heavy (non-hydrogen) atoms. The molecule has 0 bridgehead atoms. The molecule has 128 valence electrons. The minimum atomic E-state index is -5.02. The molecule has 5 nitrogen and oxygen atoms in total. The minimum Gasteiger partial charge on any atom is -0.477 e. The molecule has 0 amide bonds. The van der Waals surface area contributed by atoms with Crippen LogP contribution in [-0.4, -0.2) is 21.0 Å². The highest BCUT2D eigenvalue weighted by Crippen LogP contribution is 2.32. The Bertz CT molecular complexity index is 773. The van der Waals surface area contributed by atoms with Gasteiger partial charge in [0.2, 0.25) is 5.82 Å². The van der Waals surface area contributed by atoms with E-state index in [2.05, 4.69) is 15.3 Å². The third-order valence-electron chi connectivity index (χ3n) is 2.66. The van der Waals surface area contributed by atoms with Gasteiger partial charge in [-0.25, -0.2) is 14.8 Å². The zero-order valence-corrected chi connectivity index (χ0v) is 11.4. The summed E-state index contributed by atoms with van der Waals surface area (Å²) in [5, 5.41) is 11.0. The van der Waals surface area contributed by atoms with E-state index in [1.807, 2.05) is 0 Å². The number of halogens is 6. The molecular weight excluding hydrogens is 344 g/mol. The topological polar surface area (TPSA) is 75.1 Å². The van der Waals surface area contributed by atoms with E-state index in [0.29, 0.717) is 12.1 Å². The fourth-order valence-corrected chi connectivity index (χ4v) is 1.67. The van der Waals surface area contributed by atoms with Crippen LogP contribution in [-0.2, 0) is 12.4 Å². The van der Waals surface area contributed by atoms with Crippen molar-refractivity contribution in [2.45, 2.75) is 12.4 Å². The van der Waals surface area contributed by atoms with Gasteiger partial charge in [0, 0.05) is 11.8 Å². The predicted octanol–water partition coefficient (Wildman–Crippen LogP) is 3.96. The van der Waals surface area contributed by atoms with Crippen LogP contribution in [0.3, 0.4) is 0 Å². The third-order valence-corrected chi connectivity index (χ3v) is 2.66. The second kappa shape index (κ2) is 5.98. The highest BCUT2D eigenvalue weighted by atomic mass is 19.4. The summed E-state index contributed by atoms with van der Waals surface area (Å²) in [5.41, 5.74) is -2.20. The standard InChI is InChI=1S/C13H7F6N3O2/c14-12(15,16)6-2-1-3-7(4-6)20-9-5-8(10(23)24)21-11(22-9)13(17,18)19/h1-5H,(H,23,24)(H,20,21,22). The van der Waals surface area contributed by atoms with E-state index in [-0.39, 0.29) is 5.69 Å². The van der Waals surface area contributed by atoms with Gasteiger partial charge in [-0.15, -0.1) is 0 Å². The van der Waals surface area contributed by atoms with Gasteiger partial charge in [-0.05, 0) is 18.2 Å². The Balaban J connectivity index is 2.43. The Labute approximate surface area is 130 Å². The summed E-state index contributed by atoms with van der Waals surface area (Å²) >= 11 is 0. The summed E-state index contributed by atoms with van der Waals surface area (Å²) in [6, 6.07) is 4.29. The van der Waals surface area contributed by atoms with E-state index in [0.717, 1.165) is 18.2 Å².